The second-order valence-electron chi connectivity index (χ2n) is 11.7. The van der Waals surface area contributed by atoms with Crippen LogP contribution in [0.1, 0.15) is 56.6 Å². The number of fused-ring (bicyclic) bond motifs is 7. The fourth-order valence-electron chi connectivity index (χ4n) is 6.61. The number of benzene rings is 3. The van der Waals surface area contributed by atoms with Crippen LogP contribution in [0.3, 0.4) is 0 Å². The van der Waals surface area contributed by atoms with E-state index in [2.05, 4.69) is 59.7 Å². The van der Waals surface area contributed by atoms with Crippen LogP contribution >= 0.6 is 0 Å². The van der Waals surface area contributed by atoms with Crippen LogP contribution in [0, 0.1) is 11.8 Å². The number of hydrogen-bond acceptors (Lipinski definition) is 5. The Morgan fingerprint density at radius 1 is 1.15 bits per heavy atom. The third-order valence-electron chi connectivity index (χ3n) is 8.90. The third-order valence-corrected chi connectivity index (χ3v) is 8.90. The van der Waals surface area contributed by atoms with E-state index in [9.17, 15) is 9.59 Å². The average molecular weight is 539 g/mol. The molecule has 1 aromatic heterocycles. The monoisotopic (exact) mass is 538 g/mol. The highest BCUT2D eigenvalue weighted by atomic mass is 16.5. The second kappa shape index (κ2) is 9.25. The molecule has 2 fully saturated rings. The summed E-state index contributed by atoms with van der Waals surface area (Å²) in [5.41, 5.74) is 6.69. The number of likely N-dealkylation sites (tertiary alicyclic amines) is 1. The van der Waals surface area contributed by atoms with Gasteiger partial charge in [-0.05, 0) is 71.4 Å². The Kier molecular flexibility index (Phi) is 5.77. The van der Waals surface area contributed by atoms with Crippen molar-refractivity contribution in [2.45, 2.75) is 64.8 Å². The van der Waals surface area contributed by atoms with Crippen molar-refractivity contribution in [1.29, 1.82) is 0 Å². The normalized spacial score (nSPS) is 21.5. The number of H-pyrrole nitrogens is 1. The molecule has 3 aliphatic rings. The molecule has 3 aromatic carbocycles. The predicted octanol–water partition coefficient (Wildman–Crippen LogP) is 5.88. The number of carbonyl (C=O) groups excluding carboxylic acids is 2. The maximum absolute atomic E-state index is 13.8. The number of ether oxygens (including phenoxy) is 2. The zero-order chi connectivity index (χ0) is 27.7. The van der Waals surface area contributed by atoms with Gasteiger partial charge in [0.1, 0.15) is 24.2 Å². The van der Waals surface area contributed by atoms with Crippen LogP contribution in [-0.4, -0.2) is 46.1 Å². The van der Waals surface area contributed by atoms with E-state index in [1.165, 1.54) is 23.8 Å². The van der Waals surface area contributed by atoms with Gasteiger partial charge in [-0.1, -0.05) is 45.0 Å². The molecule has 4 aromatic rings. The summed E-state index contributed by atoms with van der Waals surface area (Å²) in [5, 5.41) is 4.88. The molecule has 8 nitrogen and oxygen atoms in total. The molecule has 206 valence electrons. The number of aromatic nitrogens is 2. The van der Waals surface area contributed by atoms with E-state index in [1.807, 2.05) is 18.7 Å². The predicted molar refractivity (Wildman–Crippen MR) is 153 cm³/mol. The first kappa shape index (κ1) is 24.9. The maximum atomic E-state index is 13.8. The lowest BCUT2D eigenvalue weighted by atomic mass is 9.92. The van der Waals surface area contributed by atoms with Gasteiger partial charge in [0.25, 0.3) is 0 Å². The van der Waals surface area contributed by atoms with Gasteiger partial charge in [0.2, 0.25) is 5.91 Å². The van der Waals surface area contributed by atoms with E-state index in [4.69, 9.17) is 14.5 Å². The van der Waals surface area contributed by atoms with Crippen molar-refractivity contribution in [1.82, 2.24) is 20.2 Å². The first-order valence-electron chi connectivity index (χ1n) is 14.2. The Labute approximate surface area is 233 Å². The third kappa shape index (κ3) is 3.92. The van der Waals surface area contributed by atoms with Gasteiger partial charge >= 0.3 is 6.09 Å². The molecule has 2 aliphatic heterocycles. The number of nitrogens with one attached hydrogen (secondary N) is 2. The zero-order valence-electron chi connectivity index (χ0n) is 23.3. The number of aromatic amines is 1. The molecule has 0 radical (unpaired) electrons. The SMILES string of the molecule is CCc1ccc2c(c1)COc1cc3c(ccc4[nH]c(C5CC6CC6N5C(=O)C(NC(=O)OC)C(C)C)nc43)cc1-2. The van der Waals surface area contributed by atoms with Crippen molar-refractivity contribution in [3.05, 3.63) is 59.4 Å². The van der Waals surface area contributed by atoms with Gasteiger partial charge in [-0.25, -0.2) is 9.78 Å². The van der Waals surface area contributed by atoms with E-state index >= 15 is 0 Å². The van der Waals surface area contributed by atoms with E-state index < -0.39 is 12.1 Å². The van der Waals surface area contributed by atoms with E-state index in [0.717, 1.165) is 58.2 Å². The molecule has 4 atom stereocenters. The van der Waals surface area contributed by atoms with E-state index in [-0.39, 0.29) is 23.9 Å². The van der Waals surface area contributed by atoms with Crippen LogP contribution in [0.15, 0.2) is 42.5 Å². The molecule has 2 N–H and O–H groups in total. The highest BCUT2D eigenvalue weighted by Gasteiger charge is 2.56. The molecule has 0 spiro atoms. The van der Waals surface area contributed by atoms with Gasteiger partial charge in [0, 0.05) is 17.0 Å². The van der Waals surface area contributed by atoms with Crippen LogP contribution in [0.4, 0.5) is 4.79 Å². The second-order valence-corrected chi connectivity index (χ2v) is 11.7. The van der Waals surface area contributed by atoms with Crippen molar-refractivity contribution in [3.8, 4) is 16.9 Å². The molecule has 2 amide bonds. The fraction of sp³-hybridized carbons (Fsp3) is 0.406. The topological polar surface area (TPSA) is 96.6 Å². The van der Waals surface area contributed by atoms with Crippen LogP contribution in [0.2, 0.25) is 0 Å². The van der Waals surface area contributed by atoms with Crippen LogP contribution in [0.5, 0.6) is 5.75 Å². The van der Waals surface area contributed by atoms with Crippen molar-refractivity contribution >= 4 is 33.8 Å². The summed E-state index contributed by atoms with van der Waals surface area (Å²) >= 11 is 0. The van der Waals surface area contributed by atoms with Crippen molar-refractivity contribution in [3.63, 3.8) is 0 Å². The lowest BCUT2D eigenvalue weighted by Gasteiger charge is -2.31. The quantitative estimate of drug-likeness (QED) is 0.331. The molecular formula is C32H34N4O4. The molecule has 7 rings (SSSR count). The Hall–Kier alpha value is -4.07. The van der Waals surface area contributed by atoms with Gasteiger partial charge in [-0.15, -0.1) is 0 Å². The Balaban J connectivity index is 1.26. The van der Waals surface area contributed by atoms with E-state index in [1.54, 1.807) is 0 Å². The number of amides is 2. The number of methoxy groups -OCH3 is 1. The lowest BCUT2D eigenvalue weighted by molar-refractivity contribution is -0.136. The number of alkyl carbamates (subject to hydrolysis) is 1. The first-order valence-corrected chi connectivity index (χ1v) is 14.2. The minimum atomic E-state index is -0.653. The lowest BCUT2D eigenvalue weighted by Crippen LogP contribution is -2.52. The summed E-state index contributed by atoms with van der Waals surface area (Å²) in [6, 6.07) is 14.5. The van der Waals surface area contributed by atoms with Gasteiger partial charge in [-0.2, -0.15) is 0 Å². The van der Waals surface area contributed by atoms with E-state index in [0.29, 0.717) is 12.5 Å². The molecule has 4 unspecified atom stereocenters. The highest BCUT2D eigenvalue weighted by Crippen LogP contribution is 2.53. The largest absolute Gasteiger partial charge is 0.488 e. The van der Waals surface area contributed by atoms with Crippen molar-refractivity contribution in [2.24, 2.45) is 11.8 Å². The van der Waals surface area contributed by atoms with Gasteiger partial charge < -0.3 is 24.7 Å². The molecule has 1 saturated carbocycles. The Morgan fingerprint density at radius 3 is 2.77 bits per heavy atom. The molecular weight excluding hydrogens is 504 g/mol. The Bertz CT molecular complexity index is 1670. The standard InChI is InChI=1S/C32H34N4O4/c1-5-17-6-8-21-20(10-17)15-40-27-14-22-18(11-23(21)27)7-9-24-29(22)34-30(33-24)26-13-19-12-25(19)36(26)31(37)28(16(2)3)35-32(38)39-4/h6-11,14,16,19,25-26,28H,5,12-13,15H2,1-4H3,(H,33,34)(H,35,38). The molecule has 1 saturated heterocycles. The molecule has 8 heteroatoms. The summed E-state index contributed by atoms with van der Waals surface area (Å²) in [5.74, 6) is 1.98. The highest BCUT2D eigenvalue weighted by molar-refractivity contribution is 6.07. The van der Waals surface area contributed by atoms with Crippen LogP contribution in [-0.2, 0) is 22.6 Å². The molecule has 0 bridgehead atoms. The fourth-order valence-corrected chi connectivity index (χ4v) is 6.61. The molecule has 1 aliphatic carbocycles. The number of hydrogen-bond donors (Lipinski definition) is 2. The average Bonchev–Trinajstić information content (AvgIpc) is 3.41. The number of carbonyl (C=O) groups is 2. The molecule has 40 heavy (non-hydrogen) atoms. The first-order chi connectivity index (χ1) is 19.4. The van der Waals surface area contributed by atoms with Gasteiger partial charge in [0.05, 0.1) is 24.2 Å². The van der Waals surface area contributed by atoms with Crippen molar-refractivity contribution in [2.75, 3.05) is 7.11 Å². The van der Waals surface area contributed by atoms with Crippen LogP contribution < -0.4 is 10.1 Å². The minimum Gasteiger partial charge on any atom is -0.488 e. The summed E-state index contributed by atoms with van der Waals surface area (Å²) in [7, 11) is 1.31. The summed E-state index contributed by atoms with van der Waals surface area (Å²) in [6.07, 6.45) is 2.28. The number of piperidine rings is 1. The zero-order valence-corrected chi connectivity index (χ0v) is 23.3. The Morgan fingerprint density at radius 2 is 2.00 bits per heavy atom. The summed E-state index contributed by atoms with van der Waals surface area (Å²) in [4.78, 5) is 36.4. The van der Waals surface area contributed by atoms with Gasteiger partial charge in [-0.3, -0.25) is 4.79 Å². The summed E-state index contributed by atoms with van der Waals surface area (Å²) < 4.78 is 11.0. The number of rotatable bonds is 5. The number of imidazole rings is 1. The molecule has 3 heterocycles. The van der Waals surface area contributed by atoms with Gasteiger partial charge in [0.15, 0.2) is 0 Å². The summed E-state index contributed by atoms with van der Waals surface area (Å²) in [6.45, 7) is 6.60. The minimum absolute atomic E-state index is 0.0745. The smallest absolute Gasteiger partial charge is 0.407 e. The number of aryl methyl sites for hydroxylation is 1. The van der Waals surface area contributed by atoms with Crippen LogP contribution in [0.25, 0.3) is 32.9 Å². The van der Waals surface area contributed by atoms with Crippen molar-refractivity contribution < 1.29 is 19.1 Å². The number of nitrogens with zero attached hydrogens (tertiary/aromatic N) is 2. The maximum Gasteiger partial charge on any atom is 0.407 e.